The number of aliphatic hydroxyl groups excluding tert-OH is 6. The molecule has 5 aromatic carbocycles. The van der Waals surface area contributed by atoms with Crippen molar-refractivity contribution in [2.75, 3.05) is 101 Å². The van der Waals surface area contributed by atoms with Crippen molar-refractivity contribution in [1.82, 2.24) is 37.2 Å². The number of nitrogens with one attached hydrogen (secondary N) is 7. The van der Waals surface area contributed by atoms with Crippen LogP contribution in [0, 0.1) is 0 Å². The van der Waals surface area contributed by atoms with Crippen molar-refractivity contribution in [3.8, 4) is 28.0 Å². The first-order valence-electron chi connectivity index (χ1n) is 36.3. The summed E-state index contributed by atoms with van der Waals surface area (Å²) in [6.07, 6.45) is -13.7. The maximum atomic E-state index is 13.8. The van der Waals surface area contributed by atoms with Crippen LogP contribution in [0.3, 0.4) is 0 Å². The van der Waals surface area contributed by atoms with Gasteiger partial charge < -0.3 is 106 Å². The molecule has 112 heavy (non-hydrogen) atoms. The zero-order valence-corrected chi connectivity index (χ0v) is 65.7. The lowest BCUT2D eigenvalue weighted by atomic mass is 9.88. The third-order valence-corrected chi connectivity index (χ3v) is 22.2. The van der Waals surface area contributed by atoms with E-state index in [2.05, 4.69) is 37.2 Å². The fourth-order valence-corrected chi connectivity index (χ4v) is 15.5. The van der Waals surface area contributed by atoms with Crippen molar-refractivity contribution in [2.45, 2.75) is 131 Å². The number of esters is 2. The average molecular weight is 1630 g/mol. The predicted molar refractivity (Wildman–Crippen MR) is 420 cm³/mol. The van der Waals surface area contributed by atoms with Gasteiger partial charge in [0.05, 0.1) is 82.5 Å². The first kappa shape index (κ1) is 90.8. The Morgan fingerprint density at radius 1 is 0.482 bits per heavy atom. The van der Waals surface area contributed by atoms with E-state index in [9.17, 15) is 78.6 Å². The Bertz CT molecular complexity index is 3880. The van der Waals surface area contributed by atoms with Crippen molar-refractivity contribution < 1.29 is 117 Å². The van der Waals surface area contributed by atoms with E-state index in [0.29, 0.717) is 47.4 Å². The van der Waals surface area contributed by atoms with Gasteiger partial charge in [0.15, 0.2) is 0 Å². The Labute approximate surface area is 665 Å². The van der Waals surface area contributed by atoms with Gasteiger partial charge in [-0.25, -0.2) is 9.59 Å². The minimum Gasteiger partial charge on any atom is -0.493 e. The minimum absolute atomic E-state index is 0.00688. The maximum absolute atomic E-state index is 13.8. The number of hydrogen-bond acceptors (Lipinski definition) is 27. The molecule has 2 aliphatic heterocycles. The molecule has 2 heterocycles. The van der Waals surface area contributed by atoms with Crippen LogP contribution in [0.4, 0.5) is 0 Å². The maximum Gasteiger partial charge on any atom is 0.366 e. The van der Waals surface area contributed by atoms with Gasteiger partial charge in [0, 0.05) is 106 Å². The van der Waals surface area contributed by atoms with Crippen LogP contribution in [0.5, 0.6) is 5.75 Å². The summed E-state index contributed by atoms with van der Waals surface area (Å²) >= 11 is 2.83. The summed E-state index contributed by atoms with van der Waals surface area (Å²) in [5, 5.41) is 95.8. The highest BCUT2D eigenvalue weighted by Crippen LogP contribution is 2.37. The van der Waals surface area contributed by atoms with Crippen molar-refractivity contribution in [3.63, 3.8) is 0 Å². The van der Waals surface area contributed by atoms with E-state index in [0.717, 1.165) is 36.5 Å². The average Bonchev–Trinajstić information content (AvgIpc) is 0.769. The minimum atomic E-state index is -2.31. The standard InChI is InChI=1S/C77H99N7O24S4/c1-47(85)83-64-57(87)43-76(74(100)102-3,107-68(64)66(94)59(89)45-81-70(96)53-22-18-51(19-23-53)49-14-7-5-8-15-49)105-34-12-36-109-40-31-79-72(98)55-26-27-56(61(42-55)104-33-11-30-78-62(91)28-38-111-112-39-29-63(92)93)73(99)80-32-41-110-37-13-35-106-77(75(101)103-4)44-58(88)65(84-48(2)86)69(108-77)67(95)60(90)46-82-71(97)54-24-20-52(21-25-54)50-16-9-6-10-17-50/h5-10,14-27,42,57-60,64-69,87-90,94-95H,11-13,28-41,43-46H2,1-4H3,(H,78,91)(H,79,98)(H,80,99)(H,81,96)(H,82,97)(H,83,85)(H,84,86)(H,92,93)/t57-,58-,59+,60+,64+,65+,66?,67?,68+,69+,76+,77+/m0/s1. The Kier molecular flexibility index (Phi) is 37.9. The molecule has 2 saturated heterocycles. The van der Waals surface area contributed by atoms with Gasteiger partial charge in [0.25, 0.3) is 35.2 Å². The lowest BCUT2D eigenvalue weighted by Gasteiger charge is -2.47. The van der Waals surface area contributed by atoms with Crippen molar-refractivity contribution in [2.24, 2.45) is 0 Å². The smallest absolute Gasteiger partial charge is 0.366 e. The van der Waals surface area contributed by atoms with Gasteiger partial charge in [-0.1, -0.05) is 107 Å². The molecule has 2 unspecified atom stereocenters. The molecule has 12 atom stereocenters. The topological polar surface area (TPSA) is 461 Å². The summed E-state index contributed by atoms with van der Waals surface area (Å²) in [6, 6.07) is 34.1. The van der Waals surface area contributed by atoms with Gasteiger partial charge in [-0.05, 0) is 95.5 Å². The number of ether oxygens (including phenoxy) is 7. The van der Waals surface area contributed by atoms with E-state index in [1.807, 2.05) is 60.7 Å². The van der Waals surface area contributed by atoms with E-state index in [-0.39, 0.29) is 92.6 Å². The Morgan fingerprint density at radius 2 is 0.902 bits per heavy atom. The highest BCUT2D eigenvalue weighted by atomic mass is 33.1. The number of rotatable bonds is 46. The number of aliphatic hydroxyl groups is 6. The number of benzene rings is 5. The summed E-state index contributed by atoms with van der Waals surface area (Å²) < 4.78 is 40.4. The molecule has 7 rings (SSSR count). The number of methoxy groups -OCH3 is 2. The normalized spacial score (nSPS) is 20.4. The molecule has 14 N–H and O–H groups in total. The first-order valence-corrected chi connectivity index (χ1v) is 41.1. The van der Waals surface area contributed by atoms with Crippen LogP contribution in [0.15, 0.2) is 127 Å². The van der Waals surface area contributed by atoms with E-state index >= 15 is 0 Å². The summed E-state index contributed by atoms with van der Waals surface area (Å²) in [6.45, 7) is 1.62. The lowest BCUT2D eigenvalue weighted by molar-refractivity contribution is -0.311. The Morgan fingerprint density at radius 3 is 1.34 bits per heavy atom. The summed E-state index contributed by atoms with van der Waals surface area (Å²) in [5.74, 6) is -8.72. The molecule has 2 aliphatic rings. The van der Waals surface area contributed by atoms with E-state index < -0.39 is 152 Å². The molecule has 0 bridgehead atoms. The fourth-order valence-electron chi connectivity index (χ4n) is 12.0. The summed E-state index contributed by atoms with van der Waals surface area (Å²) in [7, 11) is 4.89. The van der Waals surface area contributed by atoms with Crippen LogP contribution in [0.25, 0.3) is 22.3 Å². The zero-order chi connectivity index (χ0) is 81.2. The predicted octanol–water partition coefficient (Wildman–Crippen LogP) is 3.24. The second kappa shape index (κ2) is 46.7. The second-order valence-electron chi connectivity index (χ2n) is 26.0. The van der Waals surface area contributed by atoms with Crippen molar-refractivity contribution >= 4 is 104 Å². The lowest BCUT2D eigenvalue weighted by Crippen LogP contribution is -2.68. The molecule has 35 heteroatoms. The highest BCUT2D eigenvalue weighted by Gasteiger charge is 2.58. The zero-order valence-electron chi connectivity index (χ0n) is 62.5. The highest BCUT2D eigenvalue weighted by molar-refractivity contribution is 8.76. The Balaban J connectivity index is 0.882. The molecular formula is C77H99N7O24S4. The van der Waals surface area contributed by atoms with Crippen LogP contribution in [-0.4, -0.2) is 269 Å². The number of hydrogen-bond donors (Lipinski definition) is 14. The molecular weight excluding hydrogens is 1540 g/mol. The fraction of sp³-hybridized carbons (Fsp3) is 0.481. The number of carbonyl (C=O) groups is 10. The Hall–Kier alpha value is -8.40. The summed E-state index contributed by atoms with van der Waals surface area (Å²) in [4.78, 5) is 129. The molecule has 0 radical (unpaired) electrons. The molecule has 0 spiro atoms. The van der Waals surface area contributed by atoms with Crippen LogP contribution >= 0.6 is 45.1 Å². The third kappa shape index (κ3) is 28.0. The number of aliphatic carboxylic acids is 1. The van der Waals surface area contributed by atoms with Gasteiger partial charge in [0.1, 0.15) is 30.2 Å². The van der Waals surface area contributed by atoms with Gasteiger partial charge in [0.2, 0.25) is 17.7 Å². The molecule has 2 fully saturated rings. The van der Waals surface area contributed by atoms with E-state index in [4.69, 9.17) is 38.3 Å². The molecule has 0 aliphatic carbocycles. The van der Waals surface area contributed by atoms with Gasteiger partial charge in [-0.3, -0.25) is 38.4 Å². The second-order valence-corrected chi connectivity index (χ2v) is 31.2. The molecule has 0 aromatic heterocycles. The molecule has 7 amide bonds. The van der Waals surface area contributed by atoms with Crippen molar-refractivity contribution in [3.05, 3.63) is 150 Å². The molecule has 0 saturated carbocycles. The van der Waals surface area contributed by atoms with Crippen LogP contribution < -0.4 is 42.0 Å². The largest absolute Gasteiger partial charge is 0.493 e. The van der Waals surface area contributed by atoms with Gasteiger partial charge in [-0.2, -0.15) is 23.5 Å². The van der Waals surface area contributed by atoms with E-state index in [1.165, 1.54) is 77.2 Å². The monoisotopic (exact) mass is 1630 g/mol. The van der Waals surface area contributed by atoms with Gasteiger partial charge >= 0.3 is 17.9 Å². The first-order chi connectivity index (χ1) is 53.8. The number of carboxylic acid groups (broad SMARTS) is 1. The van der Waals surface area contributed by atoms with Crippen LogP contribution in [-0.2, 0) is 57.2 Å². The quantitative estimate of drug-likeness (QED) is 0.0151. The molecule has 5 aromatic rings. The van der Waals surface area contributed by atoms with Crippen LogP contribution in [0.2, 0.25) is 0 Å². The third-order valence-electron chi connectivity index (χ3n) is 17.7. The number of amides is 7. The number of carbonyl (C=O) groups excluding carboxylic acids is 9. The van der Waals surface area contributed by atoms with Crippen LogP contribution in [0.1, 0.15) is 100 Å². The SMILES string of the molecule is COC(=O)[C@@]1(OCCCSCCNC(=O)c2ccc(C(=O)NCCSCCCO[C@]3(C(=O)OC)C[C@H](O)[C@@H](NC(C)=O)[C@H](C(O)[C@H](O)CNC(=O)c4ccc(-c5ccccc5)cc4)O3)c(OCCCNC(=O)CCSSCCC(=O)O)c2)C[C@H](O)[C@@H](NC(C)=O)[C@H](C(O)[C@H](O)CNC(=O)c2ccc(-c3ccccc3)cc2)O1. The van der Waals surface area contributed by atoms with Gasteiger partial charge in [-0.15, -0.1) is 0 Å². The number of carboxylic acids is 1. The van der Waals surface area contributed by atoms with Crippen molar-refractivity contribution in [1.29, 1.82) is 0 Å². The van der Waals surface area contributed by atoms with E-state index in [1.54, 1.807) is 48.5 Å². The summed E-state index contributed by atoms with van der Waals surface area (Å²) in [5.41, 5.74) is 4.42. The number of thioether (sulfide) groups is 2. The molecule has 610 valence electrons. The molecule has 31 nitrogen and oxygen atoms in total.